The van der Waals surface area contributed by atoms with Gasteiger partial charge in [-0.25, -0.2) is 0 Å². The van der Waals surface area contributed by atoms with Gasteiger partial charge in [0, 0.05) is 18.7 Å². The molecule has 1 amide bonds. The van der Waals surface area contributed by atoms with Gasteiger partial charge in [-0.05, 0) is 31.0 Å². The number of carbonyl (C=O) groups is 1. The summed E-state index contributed by atoms with van der Waals surface area (Å²) in [4.78, 5) is 11.4. The Morgan fingerprint density at radius 2 is 2.00 bits per heavy atom. The summed E-state index contributed by atoms with van der Waals surface area (Å²) in [6.45, 7) is -0.00314. The van der Waals surface area contributed by atoms with Crippen LogP contribution in [0.4, 0.5) is 18.9 Å². The van der Waals surface area contributed by atoms with Crippen LogP contribution in [-0.2, 0) is 11.0 Å². The van der Waals surface area contributed by atoms with Gasteiger partial charge in [0.25, 0.3) is 0 Å². The first-order valence-corrected chi connectivity index (χ1v) is 5.51. The normalized spacial score (nSPS) is 11.3. The van der Waals surface area contributed by atoms with Gasteiger partial charge in [0.15, 0.2) is 0 Å². The van der Waals surface area contributed by atoms with Crippen molar-refractivity contribution in [3.05, 3.63) is 29.8 Å². The van der Waals surface area contributed by atoms with E-state index in [1.807, 2.05) is 0 Å². The highest BCUT2D eigenvalue weighted by atomic mass is 19.4. The van der Waals surface area contributed by atoms with Gasteiger partial charge in [0.2, 0.25) is 5.91 Å². The lowest BCUT2D eigenvalue weighted by Gasteiger charge is -2.09. The van der Waals surface area contributed by atoms with Crippen LogP contribution in [0.2, 0.25) is 0 Å². The summed E-state index contributed by atoms with van der Waals surface area (Å²) < 4.78 is 37.2. The van der Waals surface area contributed by atoms with Crippen LogP contribution < -0.4 is 5.32 Å². The van der Waals surface area contributed by atoms with Gasteiger partial charge in [-0.15, -0.1) is 0 Å². The van der Waals surface area contributed by atoms with Crippen molar-refractivity contribution < 1.29 is 23.1 Å². The number of benzene rings is 1. The summed E-state index contributed by atoms with van der Waals surface area (Å²) in [5.74, 6) is -0.359. The molecule has 0 heterocycles. The van der Waals surface area contributed by atoms with Crippen molar-refractivity contribution in [1.82, 2.24) is 0 Å². The molecule has 0 atom stereocenters. The monoisotopic (exact) mass is 261 g/mol. The Balaban J connectivity index is 2.60. The molecule has 1 rings (SSSR count). The van der Waals surface area contributed by atoms with Crippen LogP contribution in [-0.4, -0.2) is 17.6 Å². The zero-order chi connectivity index (χ0) is 13.6. The quantitative estimate of drug-likeness (QED) is 0.801. The summed E-state index contributed by atoms with van der Waals surface area (Å²) >= 11 is 0. The smallest absolute Gasteiger partial charge is 0.396 e. The lowest BCUT2D eigenvalue weighted by molar-refractivity contribution is -0.137. The number of carbonyl (C=O) groups excluding carboxylic acids is 1. The van der Waals surface area contributed by atoms with Crippen LogP contribution >= 0.6 is 0 Å². The highest BCUT2D eigenvalue weighted by molar-refractivity contribution is 5.90. The number of aliphatic hydroxyl groups excluding tert-OH is 1. The van der Waals surface area contributed by atoms with Crippen molar-refractivity contribution in [2.45, 2.75) is 25.4 Å². The Morgan fingerprint density at radius 3 is 2.61 bits per heavy atom. The zero-order valence-corrected chi connectivity index (χ0v) is 9.63. The van der Waals surface area contributed by atoms with Crippen LogP contribution in [0.3, 0.4) is 0 Å². The number of alkyl halides is 3. The maximum Gasteiger partial charge on any atom is 0.416 e. The zero-order valence-electron chi connectivity index (χ0n) is 9.63. The highest BCUT2D eigenvalue weighted by Crippen LogP contribution is 2.30. The molecule has 18 heavy (non-hydrogen) atoms. The first-order valence-electron chi connectivity index (χ1n) is 5.51. The summed E-state index contributed by atoms with van der Waals surface area (Å²) in [5, 5.41) is 10.9. The number of aliphatic hydroxyl groups is 1. The molecule has 0 saturated carbocycles. The molecule has 100 valence electrons. The molecular formula is C12H14F3NO2. The third-order valence-corrected chi connectivity index (χ3v) is 2.29. The second-order valence-electron chi connectivity index (χ2n) is 3.81. The molecule has 0 saturated heterocycles. The average Bonchev–Trinajstić information content (AvgIpc) is 2.28. The van der Waals surface area contributed by atoms with E-state index in [4.69, 9.17) is 5.11 Å². The fourth-order valence-electron chi connectivity index (χ4n) is 1.39. The minimum Gasteiger partial charge on any atom is -0.396 e. The number of halogens is 3. The standard InChI is InChI=1S/C12H14F3NO2/c13-12(14,15)9-4-3-5-10(8-9)16-11(18)6-1-2-7-17/h3-5,8,17H,1-2,6-7H2,(H,16,18). The predicted octanol–water partition coefficient (Wildman–Crippen LogP) is 2.81. The van der Waals surface area contributed by atoms with Crippen molar-refractivity contribution in [3.63, 3.8) is 0 Å². The van der Waals surface area contributed by atoms with E-state index in [2.05, 4.69) is 5.32 Å². The van der Waals surface area contributed by atoms with Gasteiger partial charge in [-0.2, -0.15) is 13.2 Å². The SMILES string of the molecule is O=C(CCCCO)Nc1cccc(C(F)(F)F)c1. The molecular weight excluding hydrogens is 247 g/mol. The van der Waals surface area contributed by atoms with Crippen LogP contribution in [0.15, 0.2) is 24.3 Å². The molecule has 0 fully saturated rings. The average molecular weight is 261 g/mol. The Hall–Kier alpha value is -1.56. The van der Waals surface area contributed by atoms with Crippen molar-refractivity contribution in [2.75, 3.05) is 11.9 Å². The Labute approximate surface area is 103 Å². The molecule has 1 aromatic rings. The number of nitrogens with one attached hydrogen (secondary N) is 1. The maximum atomic E-state index is 12.4. The third kappa shape index (κ3) is 4.75. The molecule has 0 spiro atoms. The van der Waals surface area contributed by atoms with Crippen LogP contribution in [0.1, 0.15) is 24.8 Å². The molecule has 0 aliphatic rings. The Bertz CT molecular complexity index is 405. The van der Waals surface area contributed by atoms with Gasteiger partial charge in [0.1, 0.15) is 0 Å². The van der Waals surface area contributed by atoms with E-state index in [-0.39, 0.29) is 24.6 Å². The second kappa shape index (κ2) is 6.39. The first kappa shape index (κ1) is 14.5. The third-order valence-electron chi connectivity index (χ3n) is 2.29. The molecule has 3 nitrogen and oxygen atoms in total. The van der Waals surface area contributed by atoms with Crippen molar-refractivity contribution in [2.24, 2.45) is 0 Å². The highest BCUT2D eigenvalue weighted by Gasteiger charge is 2.30. The van der Waals surface area contributed by atoms with Crippen molar-refractivity contribution in [1.29, 1.82) is 0 Å². The topological polar surface area (TPSA) is 49.3 Å². The van der Waals surface area contributed by atoms with Gasteiger partial charge < -0.3 is 10.4 Å². The van der Waals surface area contributed by atoms with Gasteiger partial charge >= 0.3 is 6.18 Å². The van der Waals surface area contributed by atoms with Gasteiger partial charge in [0.05, 0.1) is 5.56 Å². The van der Waals surface area contributed by atoms with E-state index in [1.54, 1.807) is 0 Å². The molecule has 2 N–H and O–H groups in total. The maximum absolute atomic E-state index is 12.4. The second-order valence-corrected chi connectivity index (χ2v) is 3.81. The molecule has 0 aliphatic heterocycles. The summed E-state index contributed by atoms with van der Waals surface area (Å²) in [6.07, 6.45) is -3.24. The van der Waals surface area contributed by atoms with E-state index in [0.29, 0.717) is 12.8 Å². The largest absolute Gasteiger partial charge is 0.416 e. The summed E-state index contributed by atoms with van der Waals surface area (Å²) in [7, 11) is 0. The van der Waals surface area contributed by atoms with Gasteiger partial charge in [-0.3, -0.25) is 4.79 Å². The van der Waals surface area contributed by atoms with E-state index >= 15 is 0 Å². The van der Waals surface area contributed by atoms with Crippen molar-refractivity contribution in [3.8, 4) is 0 Å². The summed E-state index contributed by atoms with van der Waals surface area (Å²) in [6, 6.07) is 4.48. The predicted molar refractivity (Wildman–Crippen MR) is 61.0 cm³/mol. The number of anilines is 1. The van der Waals surface area contributed by atoms with E-state index in [9.17, 15) is 18.0 Å². The Kier molecular flexibility index (Phi) is 5.15. The number of amides is 1. The van der Waals surface area contributed by atoms with Crippen LogP contribution in [0, 0.1) is 0 Å². The number of hydrogen-bond donors (Lipinski definition) is 2. The minimum atomic E-state index is -4.42. The molecule has 0 aromatic heterocycles. The van der Waals surface area contributed by atoms with E-state index in [1.165, 1.54) is 12.1 Å². The number of unbranched alkanes of at least 4 members (excludes halogenated alkanes) is 1. The fraction of sp³-hybridized carbons (Fsp3) is 0.417. The molecule has 0 radical (unpaired) electrons. The first-order chi connectivity index (χ1) is 8.43. The van der Waals surface area contributed by atoms with Crippen LogP contribution in [0.25, 0.3) is 0 Å². The van der Waals surface area contributed by atoms with E-state index in [0.717, 1.165) is 12.1 Å². The van der Waals surface area contributed by atoms with Gasteiger partial charge in [-0.1, -0.05) is 6.07 Å². The van der Waals surface area contributed by atoms with Crippen molar-refractivity contribution >= 4 is 11.6 Å². The molecule has 0 aliphatic carbocycles. The Morgan fingerprint density at radius 1 is 1.28 bits per heavy atom. The molecule has 1 aromatic carbocycles. The molecule has 6 heteroatoms. The number of hydrogen-bond acceptors (Lipinski definition) is 2. The summed E-state index contributed by atoms with van der Waals surface area (Å²) in [5.41, 5.74) is -0.672. The lowest BCUT2D eigenvalue weighted by atomic mass is 10.2. The van der Waals surface area contributed by atoms with E-state index < -0.39 is 11.7 Å². The fourth-order valence-corrected chi connectivity index (χ4v) is 1.39. The van der Waals surface area contributed by atoms with Crippen LogP contribution in [0.5, 0.6) is 0 Å². The molecule has 0 bridgehead atoms. The molecule has 0 unspecified atom stereocenters. The number of rotatable bonds is 5. The lowest BCUT2D eigenvalue weighted by Crippen LogP contribution is -2.12. The minimum absolute atomic E-state index is 0.00314.